The summed E-state index contributed by atoms with van der Waals surface area (Å²) in [6.07, 6.45) is 0. The standard InChI is InChI=1S/C32H32N4O8/c1-39-25-14-19(15-26(40-2)29(25)43-5)31(37)33-22-12-13-23(36-35-21-10-8-7-9-11-21)24(18-22)34-32(38)20-16-27(41-3)30(44-6)28(17-20)42-4/h7-18H,1-6H3,(H,33,37)(H,34,38). The Morgan fingerprint density at radius 3 is 1.48 bits per heavy atom. The van der Waals surface area contributed by atoms with Crippen LogP contribution in [-0.4, -0.2) is 54.5 Å². The van der Waals surface area contributed by atoms with Gasteiger partial charge in [0.2, 0.25) is 11.5 Å². The van der Waals surface area contributed by atoms with Crippen LogP contribution in [0.1, 0.15) is 20.7 Å². The number of hydrogen-bond acceptors (Lipinski definition) is 10. The summed E-state index contributed by atoms with van der Waals surface area (Å²) in [5.74, 6) is 1.04. The molecule has 12 heteroatoms. The maximum absolute atomic E-state index is 13.5. The van der Waals surface area contributed by atoms with E-state index in [1.54, 1.807) is 30.3 Å². The second-order valence-corrected chi connectivity index (χ2v) is 9.00. The Labute approximate surface area is 254 Å². The van der Waals surface area contributed by atoms with Crippen molar-refractivity contribution < 1.29 is 38.0 Å². The van der Waals surface area contributed by atoms with Gasteiger partial charge in [-0.2, -0.15) is 5.11 Å². The van der Waals surface area contributed by atoms with E-state index in [0.29, 0.717) is 51.6 Å². The number of carbonyl (C=O) groups is 2. The van der Waals surface area contributed by atoms with Gasteiger partial charge in [0, 0.05) is 16.8 Å². The number of methoxy groups -OCH3 is 6. The SMILES string of the molecule is COc1cc(C(=O)Nc2ccc(N=Nc3ccccc3)c(NC(=O)c3cc(OC)c(OC)c(OC)c3)c2)cc(OC)c1OC. The molecule has 4 aromatic carbocycles. The van der Waals surface area contributed by atoms with E-state index in [2.05, 4.69) is 20.9 Å². The van der Waals surface area contributed by atoms with Gasteiger partial charge in [0.1, 0.15) is 5.69 Å². The smallest absolute Gasteiger partial charge is 0.256 e. The summed E-state index contributed by atoms with van der Waals surface area (Å²) < 4.78 is 32.2. The van der Waals surface area contributed by atoms with Crippen molar-refractivity contribution in [2.45, 2.75) is 0 Å². The van der Waals surface area contributed by atoms with E-state index >= 15 is 0 Å². The molecule has 4 aromatic rings. The lowest BCUT2D eigenvalue weighted by Gasteiger charge is -2.15. The molecule has 0 aliphatic carbocycles. The molecule has 44 heavy (non-hydrogen) atoms. The van der Waals surface area contributed by atoms with E-state index in [1.807, 2.05) is 18.2 Å². The van der Waals surface area contributed by atoms with E-state index in [0.717, 1.165) is 0 Å². The van der Waals surface area contributed by atoms with E-state index in [9.17, 15) is 9.59 Å². The van der Waals surface area contributed by atoms with E-state index in [1.165, 1.54) is 66.9 Å². The Morgan fingerprint density at radius 1 is 0.545 bits per heavy atom. The molecule has 0 saturated carbocycles. The summed E-state index contributed by atoms with van der Waals surface area (Å²) in [4.78, 5) is 26.7. The highest BCUT2D eigenvalue weighted by atomic mass is 16.5. The van der Waals surface area contributed by atoms with Crippen LogP contribution in [-0.2, 0) is 0 Å². The summed E-state index contributed by atoms with van der Waals surface area (Å²) in [6, 6.07) is 20.1. The highest BCUT2D eigenvalue weighted by Crippen LogP contribution is 2.40. The topological polar surface area (TPSA) is 138 Å². The summed E-state index contributed by atoms with van der Waals surface area (Å²) in [6.45, 7) is 0. The molecule has 0 aromatic heterocycles. The van der Waals surface area contributed by atoms with Crippen LogP contribution in [0.15, 0.2) is 83.0 Å². The van der Waals surface area contributed by atoms with Crippen molar-refractivity contribution >= 4 is 34.6 Å². The number of carbonyl (C=O) groups excluding carboxylic acids is 2. The van der Waals surface area contributed by atoms with Crippen molar-refractivity contribution in [1.29, 1.82) is 0 Å². The number of anilines is 2. The zero-order valence-corrected chi connectivity index (χ0v) is 25.1. The van der Waals surface area contributed by atoms with E-state index in [-0.39, 0.29) is 16.8 Å². The van der Waals surface area contributed by atoms with Gasteiger partial charge in [-0.1, -0.05) is 18.2 Å². The minimum atomic E-state index is -0.492. The summed E-state index contributed by atoms with van der Waals surface area (Å²) in [5, 5.41) is 14.3. The maximum atomic E-state index is 13.5. The first-order valence-corrected chi connectivity index (χ1v) is 13.2. The predicted molar refractivity (Wildman–Crippen MR) is 165 cm³/mol. The molecule has 0 fully saturated rings. The number of nitrogens with one attached hydrogen (secondary N) is 2. The Hall–Kier alpha value is -5.78. The van der Waals surface area contributed by atoms with Crippen LogP contribution in [0.4, 0.5) is 22.7 Å². The fourth-order valence-corrected chi connectivity index (χ4v) is 4.23. The largest absolute Gasteiger partial charge is 0.493 e. The second kappa shape index (κ2) is 14.4. The highest BCUT2D eigenvalue weighted by molar-refractivity contribution is 6.08. The fourth-order valence-electron chi connectivity index (χ4n) is 4.23. The minimum Gasteiger partial charge on any atom is -0.493 e. The molecule has 0 radical (unpaired) electrons. The number of rotatable bonds is 12. The average Bonchev–Trinajstić information content (AvgIpc) is 3.06. The third-order valence-corrected chi connectivity index (χ3v) is 6.39. The second-order valence-electron chi connectivity index (χ2n) is 9.00. The van der Waals surface area contributed by atoms with Gasteiger partial charge in [0.05, 0.1) is 54.0 Å². The summed E-state index contributed by atoms with van der Waals surface area (Å²) in [7, 11) is 8.80. The van der Waals surface area contributed by atoms with Crippen molar-refractivity contribution in [1.82, 2.24) is 0 Å². The molecule has 2 amide bonds. The first-order chi connectivity index (χ1) is 21.3. The van der Waals surface area contributed by atoms with E-state index < -0.39 is 11.8 Å². The lowest BCUT2D eigenvalue weighted by atomic mass is 10.1. The molecule has 0 spiro atoms. The van der Waals surface area contributed by atoms with Gasteiger partial charge in [-0.05, 0) is 54.6 Å². The van der Waals surface area contributed by atoms with Crippen molar-refractivity contribution in [3.63, 3.8) is 0 Å². The first-order valence-electron chi connectivity index (χ1n) is 13.2. The van der Waals surface area contributed by atoms with Gasteiger partial charge < -0.3 is 39.1 Å². The first kappa shape index (κ1) is 31.2. The van der Waals surface area contributed by atoms with Crippen LogP contribution in [0.25, 0.3) is 0 Å². The van der Waals surface area contributed by atoms with E-state index in [4.69, 9.17) is 28.4 Å². The van der Waals surface area contributed by atoms with Crippen LogP contribution in [0, 0.1) is 0 Å². The number of benzene rings is 4. The Kier molecular flexibility index (Phi) is 10.2. The molecule has 228 valence electrons. The number of azo groups is 1. The number of ether oxygens (including phenoxy) is 6. The van der Waals surface area contributed by atoms with Crippen molar-refractivity contribution in [2.24, 2.45) is 10.2 Å². The summed E-state index contributed by atoms with van der Waals surface area (Å²) in [5.41, 5.74) is 2.12. The number of amides is 2. The monoisotopic (exact) mass is 600 g/mol. The maximum Gasteiger partial charge on any atom is 0.256 e. The van der Waals surface area contributed by atoms with Gasteiger partial charge in [0.15, 0.2) is 23.0 Å². The molecular formula is C32H32N4O8. The van der Waals surface area contributed by atoms with Crippen molar-refractivity contribution in [3.05, 3.63) is 83.9 Å². The molecule has 0 bridgehead atoms. The normalized spacial score (nSPS) is 10.6. The zero-order valence-electron chi connectivity index (χ0n) is 25.1. The van der Waals surface area contributed by atoms with Gasteiger partial charge in [-0.3, -0.25) is 9.59 Å². The van der Waals surface area contributed by atoms with Crippen LogP contribution < -0.4 is 39.1 Å². The van der Waals surface area contributed by atoms with Gasteiger partial charge in [0.25, 0.3) is 11.8 Å². The predicted octanol–water partition coefficient (Wildman–Crippen LogP) is 6.66. The number of nitrogens with zero attached hydrogens (tertiary/aromatic N) is 2. The Bertz CT molecular complexity index is 1620. The van der Waals surface area contributed by atoms with Crippen LogP contribution >= 0.6 is 0 Å². The summed E-state index contributed by atoms with van der Waals surface area (Å²) >= 11 is 0. The van der Waals surface area contributed by atoms with Gasteiger partial charge in [-0.25, -0.2) is 0 Å². The van der Waals surface area contributed by atoms with Crippen LogP contribution in [0.5, 0.6) is 34.5 Å². The quantitative estimate of drug-likeness (QED) is 0.172. The fraction of sp³-hybridized carbons (Fsp3) is 0.188. The lowest BCUT2D eigenvalue weighted by Crippen LogP contribution is -2.15. The highest BCUT2D eigenvalue weighted by Gasteiger charge is 2.20. The number of hydrogen-bond donors (Lipinski definition) is 2. The average molecular weight is 601 g/mol. The zero-order chi connectivity index (χ0) is 31.6. The van der Waals surface area contributed by atoms with Gasteiger partial charge in [-0.15, -0.1) is 5.11 Å². The molecule has 0 saturated heterocycles. The molecule has 0 heterocycles. The van der Waals surface area contributed by atoms with Crippen LogP contribution in [0.3, 0.4) is 0 Å². The molecule has 4 rings (SSSR count). The molecule has 0 unspecified atom stereocenters. The van der Waals surface area contributed by atoms with Gasteiger partial charge >= 0.3 is 0 Å². The molecule has 12 nitrogen and oxygen atoms in total. The third-order valence-electron chi connectivity index (χ3n) is 6.39. The minimum absolute atomic E-state index is 0.234. The van der Waals surface area contributed by atoms with Crippen LogP contribution in [0.2, 0.25) is 0 Å². The molecule has 2 N–H and O–H groups in total. The molecule has 0 atom stereocenters. The molecule has 0 aliphatic rings. The van der Waals surface area contributed by atoms with Crippen molar-refractivity contribution in [2.75, 3.05) is 53.3 Å². The third kappa shape index (κ3) is 6.98. The molecular weight excluding hydrogens is 568 g/mol. The van der Waals surface area contributed by atoms with Crippen molar-refractivity contribution in [3.8, 4) is 34.5 Å². The Balaban J connectivity index is 1.70. The Morgan fingerprint density at radius 2 is 1.02 bits per heavy atom. The molecule has 0 aliphatic heterocycles. The lowest BCUT2D eigenvalue weighted by molar-refractivity contribution is 0.101.